The largest absolute Gasteiger partial charge is 0.473 e. The Morgan fingerprint density at radius 2 is 1.92 bits per heavy atom. The number of rotatable bonds is 6. The average molecular weight is 510 g/mol. The molecule has 0 saturated carbocycles. The third kappa shape index (κ3) is 5.08. The second kappa shape index (κ2) is 10.2. The Hall–Kier alpha value is -4.17. The van der Waals surface area contributed by atoms with E-state index in [2.05, 4.69) is 26.2 Å². The summed E-state index contributed by atoms with van der Waals surface area (Å²) in [6, 6.07) is 13.5. The number of hydrogen-bond donors (Lipinski definition) is 0. The monoisotopic (exact) mass is 509 g/mol. The minimum absolute atomic E-state index is 0.0808. The van der Waals surface area contributed by atoms with Gasteiger partial charge in [-0.15, -0.1) is 10.2 Å². The van der Waals surface area contributed by atoms with E-state index < -0.39 is 18.0 Å². The highest BCUT2D eigenvalue weighted by atomic mass is 35.5. The number of piperazine rings is 1. The highest BCUT2D eigenvalue weighted by molar-refractivity contribution is 6.29. The van der Waals surface area contributed by atoms with Crippen LogP contribution in [0, 0.1) is 17.1 Å². The number of pyridine rings is 1. The first-order chi connectivity index (χ1) is 17.5. The number of aromatic nitrogens is 3. The maximum atomic E-state index is 15.1. The van der Waals surface area contributed by atoms with Gasteiger partial charge in [0.15, 0.2) is 11.3 Å². The summed E-state index contributed by atoms with van der Waals surface area (Å²) in [5.41, 5.74) is 1.39. The van der Waals surface area contributed by atoms with E-state index in [1.165, 1.54) is 11.0 Å². The van der Waals surface area contributed by atoms with E-state index in [1.54, 1.807) is 36.5 Å². The molecule has 184 valence electrons. The molecule has 0 radical (unpaired) electrons. The fourth-order valence-electron chi connectivity index (χ4n) is 4.11. The Bertz CT molecular complexity index is 1280. The van der Waals surface area contributed by atoms with Crippen molar-refractivity contribution in [2.45, 2.75) is 6.10 Å². The summed E-state index contributed by atoms with van der Waals surface area (Å²) in [5, 5.41) is 16.7. The van der Waals surface area contributed by atoms with Crippen LogP contribution in [0.1, 0.15) is 5.56 Å². The van der Waals surface area contributed by atoms with Crippen molar-refractivity contribution in [1.82, 2.24) is 15.2 Å². The molecule has 0 spiro atoms. The molecule has 1 atom stereocenters. The summed E-state index contributed by atoms with van der Waals surface area (Å²) in [7, 11) is 0. The van der Waals surface area contributed by atoms with Crippen LogP contribution in [-0.2, 0) is 4.74 Å². The van der Waals surface area contributed by atoms with Crippen molar-refractivity contribution < 1.29 is 18.7 Å². The number of carbonyl (C=O) groups excluding carboxylic acids is 1. The predicted molar refractivity (Wildman–Crippen MR) is 130 cm³/mol. The Morgan fingerprint density at radius 3 is 2.58 bits per heavy atom. The zero-order valence-electron chi connectivity index (χ0n) is 19.0. The van der Waals surface area contributed by atoms with Gasteiger partial charge in [0.2, 0.25) is 5.88 Å². The number of cyclic esters (lactones) is 1. The van der Waals surface area contributed by atoms with Crippen molar-refractivity contribution in [2.24, 2.45) is 0 Å². The lowest BCUT2D eigenvalue weighted by Crippen LogP contribution is -2.47. The number of nitriles is 1. The predicted octanol–water partition coefficient (Wildman–Crippen LogP) is 3.27. The molecule has 5 rings (SSSR count). The number of nitrogens with zero attached hydrogens (tertiary/aromatic N) is 7. The summed E-state index contributed by atoms with van der Waals surface area (Å²) in [6.07, 6.45) is 0.439. The van der Waals surface area contributed by atoms with Crippen LogP contribution in [0.3, 0.4) is 0 Å². The molecular formula is C24H21ClFN7O3. The van der Waals surface area contributed by atoms with Gasteiger partial charge in [-0.2, -0.15) is 5.26 Å². The van der Waals surface area contributed by atoms with Gasteiger partial charge in [0.1, 0.15) is 24.3 Å². The zero-order valence-corrected chi connectivity index (χ0v) is 19.8. The van der Waals surface area contributed by atoms with E-state index in [-0.39, 0.29) is 24.2 Å². The lowest BCUT2D eigenvalue weighted by atomic mass is 10.2. The summed E-state index contributed by atoms with van der Waals surface area (Å²) >= 11 is 5.71. The lowest BCUT2D eigenvalue weighted by molar-refractivity contribution is 0.103. The number of carbonyl (C=O) groups is 1. The van der Waals surface area contributed by atoms with Crippen molar-refractivity contribution in [3.63, 3.8) is 0 Å². The number of hydrogen-bond acceptors (Lipinski definition) is 9. The minimum Gasteiger partial charge on any atom is -0.473 e. The van der Waals surface area contributed by atoms with E-state index in [0.717, 1.165) is 5.82 Å². The third-order valence-electron chi connectivity index (χ3n) is 5.96. The topological polar surface area (TPSA) is 108 Å². The minimum atomic E-state index is -0.568. The van der Waals surface area contributed by atoms with Crippen molar-refractivity contribution in [3.8, 4) is 11.9 Å². The molecule has 1 aromatic carbocycles. The molecule has 0 N–H and O–H groups in total. The van der Waals surface area contributed by atoms with E-state index in [9.17, 15) is 4.79 Å². The fraction of sp³-hybridized carbons (Fsp3) is 0.292. The zero-order chi connectivity index (χ0) is 25.1. The SMILES string of the molecule is N#Cc1ccc(N2CCN(c3ccc(N4CC(COc5ccc(Cl)nn5)OC4=O)cc3F)CC2)nc1. The van der Waals surface area contributed by atoms with Crippen LogP contribution in [0.2, 0.25) is 5.15 Å². The van der Waals surface area contributed by atoms with Crippen LogP contribution >= 0.6 is 11.6 Å². The lowest BCUT2D eigenvalue weighted by Gasteiger charge is -2.37. The highest BCUT2D eigenvalue weighted by Gasteiger charge is 2.33. The molecule has 2 fully saturated rings. The fourth-order valence-corrected chi connectivity index (χ4v) is 4.21. The van der Waals surface area contributed by atoms with Crippen molar-refractivity contribution >= 4 is 34.9 Å². The van der Waals surface area contributed by atoms with Crippen LogP contribution in [0.25, 0.3) is 0 Å². The number of benzene rings is 1. The first kappa shape index (κ1) is 23.6. The van der Waals surface area contributed by atoms with Gasteiger partial charge < -0.3 is 19.3 Å². The van der Waals surface area contributed by atoms with Gasteiger partial charge in [0, 0.05) is 38.4 Å². The molecule has 1 amide bonds. The molecule has 36 heavy (non-hydrogen) atoms. The van der Waals surface area contributed by atoms with Gasteiger partial charge in [-0.1, -0.05) is 11.6 Å². The van der Waals surface area contributed by atoms with Crippen molar-refractivity contribution in [3.05, 3.63) is 65.2 Å². The summed E-state index contributed by atoms with van der Waals surface area (Å²) in [4.78, 5) is 22.2. The standard InChI is InChI=1S/C24H21ClFN7O3/c25-21-4-6-23(30-29-21)35-15-18-14-33(24(34)36-18)17-2-3-20(19(26)11-17)31-7-9-32(10-8-31)22-5-1-16(12-27)13-28-22/h1-6,11,13,18H,7-10,14-15H2. The van der Waals surface area contributed by atoms with Gasteiger partial charge in [0.25, 0.3) is 0 Å². The van der Waals surface area contributed by atoms with Gasteiger partial charge in [-0.05, 0) is 36.4 Å². The summed E-state index contributed by atoms with van der Waals surface area (Å²) < 4.78 is 26.0. The maximum absolute atomic E-state index is 15.1. The van der Waals surface area contributed by atoms with Gasteiger partial charge in [-0.3, -0.25) is 4.90 Å². The number of halogens is 2. The van der Waals surface area contributed by atoms with Crippen LogP contribution in [0.15, 0.2) is 48.7 Å². The van der Waals surface area contributed by atoms with Gasteiger partial charge >= 0.3 is 6.09 Å². The van der Waals surface area contributed by atoms with Crippen LogP contribution in [-0.4, -0.2) is 66.7 Å². The smallest absolute Gasteiger partial charge is 0.414 e. The Labute approximate surface area is 211 Å². The molecule has 2 aliphatic heterocycles. The maximum Gasteiger partial charge on any atom is 0.414 e. The molecule has 2 aromatic heterocycles. The number of amides is 1. The Morgan fingerprint density at radius 1 is 1.11 bits per heavy atom. The number of anilines is 3. The normalized spacial score (nSPS) is 17.6. The molecular weight excluding hydrogens is 489 g/mol. The molecule has 10 nitrogen and oxygen atoms in total. The molecule has 0 bridgehead atoms. The Kier molecular flexibility index (Phi) is 6.69. The van der Waals surface area contributed by atoms with Gasteiger partial charge in [-0.25, -0.2) is 14.2 Å². The molecule has 3 aromatic rings. The Balaban J connectivity index is 1.18. The quantitative estimate of drug-likeness (QED) is 0.494. The molecule has 4 heterocycles. The van der Waals surface area contributed by atoms with E-state index in [0.29, 0.717) is 43.1 Å². The van der Waals surface area contributed by atoms with Crippen molar-refractivity contribution in [2.75, 3.05) is 54.0 Å². The summed E-state index contributed by atoms with van der Waals surface area (Å²) in [6.45, 7) is 2.84. The number of ether oxygens (including phenoxy) is 2. The van der Waals surface area contributed by atoms with Crippen LogP contribution < -0.4 is 19.4 Å². The summed E-state index contributed by atoms with van der Waals surface area (Å²) in [5.74, 6) is 0.638. The van der Waals surface area contributed by atoms with E-state index >= 15 is 4.39 Å². The molecule has 2 saturated heterocycles. The molecule has 1 unspecified atom stereocenters. The molecule has 0 aliphatic carbocycles. The van der Waals surface area contributed by atoms with Crippen molar-refractivity contribution in [1.29, 1.82) is 5.26 Å². The molecule has 12 heteroatoms. The first-order valence-electron chi connectivity index (χ1n) is 11.3. The first-order valence-corrected chi connectivity index (χ1v) is 11.6. The van der Waals surface area contributed by atoms with E-state index in [1.807, 2.05) is 11.0 Å². The second-order valence-corrected chi connectivity index (χ2v) is 8.64. The van der Waals surface area contributed by atoms with Gasteiger partial charge in [0.05, 0.1) is 23.5 Å². The molecule has 2 aliphatic rings. The van der Waals surface area contributed by atoms with Crippen LogP contribution in [0.5, 0.6) is 5.88 Å². The van der Waals surface area contributed by atoms with E-state index in [4.69, 9.17) is 26.3 Å². The average Bonchev–Trinajstić information content (AvgIpc) is 3.29. The highest BCUT2D eigenvalue weighted by Crippen LogP contribution is 2.29. The second-order valence-electron chi connectivity index (χ2n) is 8.25. The van der Waals surface area contributed by atoms with Crippen LogP contribution in [0.4, 0.5) is 26.4 Å². The third-order valence-corrected chi connectivity index (χ3v) is 6.16.